The Morgan fingerprint density at radius 3 is 2.33 bits per heavy atom. The molecule has 0 unspecified atom stereocenters. The van der Waals surface area contributed by atoms with Crippen LogP contribution in [0.25, 0.3) is 0 Å². The molecule has 0 saturated carbocycles. The van der Waals surface area contributed by atoms with Crippen LogP contribution in [0.5, 0.6) is 0 Å². The maximum Gasteiger partial charge on any atom is 0.312 e. The molecule has 0 bridgehead atoms. The van der Waals surface area contributed by atoms with Crippen molar-refractivity contribution >= 4 is 11.8 Å². The van der Waals surface area contributed by atoms with E-state index in [1.165, 1.54) is 0 Å². The van der Waals surface area contributed by atoms with Crippen molar-refractivity contribution in [1.82, 2.24) is 9.80 Å². The lowest BCUT2D eigenvalue weighted by atomic mass is 10.1. The lowest BCUT2D eigenvalue weighted by molar-refractivity contribution is -0.156. The number of nitrogens with zero attached hydrogens (tertiary/aromatic N) is 2. The summed E-state index contributed by atoms with van der Waals surface area (Å²) in [6.45, 7) is 3.84. The highest BCUT2D eigenvalue weighted by molar-refractivity contribution is 6.35. The molecule has 5 nitrogen and oxygen atoms in total. The van der Waals surface area contributed by atoms with E-state index in [0.717, 1.165) is 11.1 Å². The van der Waals surface area contributed by atoms with Gasteiger partial charge in [-0.3, -0.25) is 9.59 Å². The minimum Gasteiger partial charge on any atom is -0.384 e. The molecule has 0 spiro atoms. The van der Waals surface area contributed by atoms with E-state index in [0.29, 0.717) is 26.2 Å². The normalized spacial score (nSPS) is 15.0. The van der Waals surface area contributed by atoms with Gasteiger partial charge < -0.3 is 14.9 Å². The van der Waals surface area contributed by atoms with Gasteiger partial charge in [-0.25, -0.2) is 0 Å². The van der Waals surface area contributed by atoms with Crippen LogP contribution < -0.4 is 0 Å². The van der Waals surface area contributed by atoms with Crippen LogP contribution in [0, 0.1) is 11.8 Å². The number of benzene rings is 1. The molecule has 1 N–H and O–H groups in total. The molecule has 0 atom stereocenters. The second-order valence-corrected chi connectivity index (χ2v) is 4.77. The lowest BCUT2D eigenvalue weighted by Gasteiger charge is -2.33. The predicted octanol–water partition coefficient (Wildman–Crippen LogP) is 0.221. The minimum atomic E-state index is -0.438. The summed E-state index contributed by atoms with van der Waals surface area (Å²) in [7, 11) is 0. The molecule has 21 heavy (non-hydrogen) atoms. The third-order valence-corrected chi connectivity index (χ3v) is 3.42. The summed E-state index contributed by atoms with van der Waals surface area (Å²) in [5.41, 5.74) is 1.77. The Kier molecular flexibility index (Phi) is 4.96. The Morgan fingerprint density at radius 1 is 1.10 bits per heavy atom. The van der Waals surface area contributed by atoms with Crippen molar-refractivity contribution in [2.75, 3.05) is 26.2 Å². The van der Waals surface area contributed by atoms with Crippen LogP contribution in [0.15, 0.2) is 24.3 Å². The van der Waals surface area contributed by atoms with Crippen molar-refractivity contribution in [3.8, 4) is 11.8 Å². The van der Waals surface area contributed by atoms with Gasteiger partial charge in [-0.2, -0.15) is 0 Å². The Hall–Kier alpha value is -2.32. The van der Waals surface area contributed by atoms with Gasteiger partial charge in [0.1, 0.15) is 6.61 Å². The van der Waals surface area contributed by atoms with Gasteiger partial charge in [0, 0.05) is 31.7 Å². The van der Waals surface area contributed by atoms with Crippen molar-refractivity contribution in [2.24, 2.45) is 0 Å². The zero-order valence-corrected chi connectivity index (χ0v) is 12.0. The smallest absolute Gasteiger partial charge is 0.312 e. The van der Waals surface area contributed by atoms with Crippen LogP contribution in [0.1, 0.15) is 18.1 Å². The van der Waals surface area contributed by atoms with E-state index in [2.05, 4.69) is 11.8 Å². The summed E-state index contributed by atoms with van der Waals surface area (Å²) in [6.07, 6.45) is 0. The molecule has 0 radical (unpaired) electrons. The van der Waals surface area contributed by atoms with Gasteiger partial charge >= 0.3 is 11.8 Å². The molecule has 1 aromatic carbocycles. The summed E-state index contributed by atoms with van der Waals surface area (Å²) in [5.74, 6) is 4.53. The number of hydrogen-bond acceptors (Lipinski definition) is 3. The molecule has 1 fully saturated rings. The topological polar surface area (TPSA) is 60.9 Å². The Labute approximate surface area is 124 Å². The maximum atomic E-state index is 12.0. The number of amides is 2. The summed E-state index contributed by atoms with van der Waals surface area (Å²) in [5, 5.41) is 8.64. The van der Waals surface area contributed by atoms with E-state index >= 15 is 0 Å². The van der Waals surface area contributed by atoms with Crippen LogP contribution in [0.3, 0.4) is 0 Å². The highest BCUT2D eigenvalue weighted by atomic mass is 16.2. The first-order chi connectivity index (χ1) is 10.2. The van der Waals surface area contributed by atoms with Crippen molar-refractivity contribution in [3.05, 3.63) is 35.4 Å². The van der Waals surface area contributed by atoms with E-state index in [1.54, 1.807) is 9.80 Å². The number of piperazine rings is 1. The minimum absolute atomic E-state index is 0.167. The first-order valence-electron chi connectivity index (χ1n) is 6.92. The Balaban J connectivity index is 2.02. The van der Waals surface area contributed by atoms with Gasteiger partial charge in [0.15, 0.2) is 0 Å². The zero-order chi connectivity index (χ0) is 15.2. The largest absolute Gasteiger partial charge is 0.384 e. The van der Waals surface area contributed by atoms with Gasteiger partial charge in [0.2, 0.25) is 0 Å². The number of aliphatic hydroxyl groups excluding tert-OH is 1. The molecule has 1 aliphatic heterocycles. The van der Waals surface area contributed by atoms with Crippen molar-refractivity contribution in [2.45, 2.75) is 13.5 Å². The van der Waals surface area contributed by atoms with Gasteiger partial charge in [-0.15, -0.1) is 0 Å². The standard InChI is InChI=1S/C16H18N2O3/c1-2-17-9-10-18(16(21)15(17)20)12-14-7-5-13(6-8-14)4-3-11-19/h5-8,19H,2,9-12H2,1H3. The highest BCUT2D eigenvalue weighted by Gasteiger charge is 2.31. The SMILES string of the molecule is CCN1CCN(Cc2ccc(C#CCO)cc2)C(=O)C1=O. The first-order valence-corrected chi connectivity index (χ1v) is 6.92. The molecule has 1 saturated heterocycles. The molecule has 5 heteroatoms. The van der Waals surface area contributed by atoms with Crippen LogP contribution >= 0.6 is 0 Å². The number of aliphatic hydroxyl groups is 1. The van der Waals surface area contributed by atoms with E-state index in [4.69, 9.17) is 5.11 Å². The summed E-state index contributed by atoms with van der Waals surface area (Å²) in [6, 6.07) is 7.44. The third-order valence-electron chi connectivity index (χ3n) is 3.42. The molecule has 110 valence electrons. The highest BCUT2D eigenvalue weighted by Crippen LogP contribution is 2.11. The van der Waals surface area contributed by atoms with E-state index in [1.807, 2.05) is 31.2 Å². The molecule has 2 rings (SSSR count). The number of rotatable bonds is 3. The second kappa shape index (κ2) is 6.91. The quantitative estimate of drug-likeness (QED) is 0.639. The van der Waals surface area contributed by atoms with E-state index in [9.17, 15) is 9.59 Å². The molecule has 1 aromatic rings. The zero-order valence-electron chi connectivity index (χ0n) is 12.0. The summed E-state index contributed by atoms with van der Waals surface area (Å²) < 4.78 is 0. The van der Waals surface area contributed by atoms with E-state index in [-0.39, 0.29) is 6.61 Å². The van der Waals surface area contributed by atoms with Gasteiger partial charge in [-0.05, 0) is 24.6 Å². The molecule has 2 amide bonds. The van der Waals surface area contributed by atoms with E-state index < -0.39 is 11.8 Å². The second-order valence-electron chi connectivity index (χ2n) is 4.77. The van der Waals surface area contributed by atoms with Crippen molar-refractivity contribution in [3.63, 3.8) is 0 Å². The molecule has 0 aromatic heterocycles. The average molecular weight is 286 g/mol. The summed E-state index contributed by atoms with van der Waals surface area (Å²) in [4.78, 5) is 26.9. The number of likely N-dealkylation sites (N-methyl/N-ethyl adjacent to an activating group) is 1. The molecule has 1 aliphatic rings. The molecular formula is C16H18N2O3. The van der Waals surface area contributed by atoms with Crippen LogP contribution in [0.2, 0.25) is 0 Å². The van der Waals surface area contributed by atoms with Crippen molar-refractivity contribution in [1.29, 1.82) is 0 Å². The first kappa shape index (κ1) is 15.1. The fraction of sp³-hybridized carbons (Fsp3) is 0.375. The molecular weight excluding hydrogens is 268 g/mol. The Morgan fingerprint density at radius 2 is 1.71 bits per heavy atom. The number of carbonyl (C=O) groups excluding carboxylic acids is 2. The monoisotopic (exact) mass is 286 g/mol. The average Bonchev–Trinajstić information content (AvgIpc) is 2.51. The molecule has 0 aliphatic carbocycles. The van der Waals surface area contributed by atoms with Crippen LogP contribution in [0.4, 0.5) is 0 Å². The van der Waals surface area contributed by atoms with Gasteiger partial charge in [0.25, 0.3) is 0 Å². The molecule has 1 heterocycles. The van der Waals surface area contributed by atoms with Gasteiger partial charge in [-0.1, -0.05) is 24.0 Å². The lowest BCUT2D eigenvalue weighted by Crippen LogP contribution is -2.53. The van der Waals surface area contributed by atoms with Crippen LogP contribution in [-0.2, 0) is 16.1 Å². The number of hydrogen-bond donors (Lipinski definition) is 1. The van der Waals surface area contributed by atoms with Crippen LogP contribution in [-0.4, -0.2) is 53.0 Å². The predicted molar refractivity (Wildman–Crippen MR) is 78.1 cm³/mol. The third kappa shape index (κ3) is 3.61. The fourth-order valence-corrected chi connectivity index (χ4v) is 2.22. The maximum absolute atomic E-state index is 12.0. The fourth-order valence-electron chi connectivity index (χ4n) is 2.22. The van der Waals surface area contributed by atoms with Crippen molar-refractivity contribution < 1.29 is 14.7 Å². The van der Waals surface area contributed by atoms with Gasteiger partial charge in [0.05, 0.1) is 0 Å². The summed E-state index contributed by atoms with van der Waals surface area (Å²) >= 11 is 0. The number of carbonyl (C=O) groups is 2. The Bertz CT molecular complexity index is 584.